The van der Waals surface area contributed by atoms with Gasteiger partial charge < -0.3 is 28.4 Å². The van der Waals surface area contributed by atoms with E-state index < -0.39 is 71.3 Å². The van der Waals surface area contributed by atoms with Crippen molar-refractivity contribution in [2.45, 2.75) is 110 Å². The number of imidazole rings is 1. The average molecular weight is 750 g/mol. The van der Waals surface area contributed by atoms with Gasteiger partial charge in [-0.05, 0) is 79.5 Å². The normalized spacial score (nSPS) is 17.9. The molecule has 284 valence electrons. The van der Waals surface area contributed by atoms with Gasteiger partial charge in [-0.15, -0.1) is 0 Å². The molecule has 0 radical (unpaired) electrons. The van der Waals surface area contributed by atoms with Crippen LogP contribution in [0.4, 0.5) is 19.8 Å². The summed E-state index contributed by atoms with van der Waals surface area (Å²) in [6.45, 7) is 14.3. The van der Waals surface area contributed by atoms with Gasteiger partial charge >= 0.3 is 24.1 Å². The SMILES string of the molecule is CCOC(=O)C(Cc1ccc(C)cc1)(OCC1CC(F)C(n2cnc3c(N(C(=O)OC(C)(C)C)C(=O)OC(C)(C)C)nc(Cl)nc32)O1)C(=O)OCC. The Morgan fingerprint density at radius 3 is 2.02 bits per heavy atom. The number of ether oxygens (including phenoxy) is 6. The molecule has 1 fully saturated rings. The van der Waals surface area contributed by atoms with Crippen LogP contribution in [0.2, 0.25) is 5.28 Å². The molecule has 4 rings (SSSR count). The minimum absolute atomic E-state index is 0.0365. The van der Waals surface area contributed by atoms with Gasteiger partial charge in [-0.1, -0.05) is 29.8 Å². The number of esters is 2. The average Bonchev–Trinajstić information content (AvgIpc) is 3.61. The number of imide groups is 1. The number of carbonyl (C=O) groups is 4. The number of rotatable bonds is 11. The third-order valence-electron chi connectivity index (χ3n) is 7.44. The zero-order valence-corrected chi connectivity index (χ0v) is 31.5. The molecule has 3 unspecified atom stereocenters. The van der Waals surface area contributed by atoms with Crippen molar-refractivity contribution in [1.29, 1.82) is 0 Å². The van der Waals surface area contributed by atoms with Gasteiger partial charge in [0.2, 0.25) is 5.28 Å². The minimum Gasteiger partial charge on any atom is -0.463 e. The molecule has 3 atom stereocenters. The summed E-state index contributed by atoms with van der Waals surface area (Å²) >= 11 is 6.29. The molecule has 2 aromatic heterocycles. The number of hydrogen-bond acceptors (Lipinski definition) is 13. The molecule has 0 aliphatic carbocycles. The van der Waals surface area contributed by atoms with Gasteiger partial charge in [0.1, 0.15) is 17.4 Å². The molecule has 0 bridgehead atoms. The lowest BCUT2D eigenvalue weighted by molar-refractivity contribution is -0.195. The molecule has 3 aromatic rings. The van der Waals surface area contributed by atoms with Crippen molar-refractivity contribution in [3.63, 3.8) is 0 Å². The molecular formula is C35H45ClFN5O10. The number of aryl methyl sites for hydroxylation is 1. The number of nitrogens with zero attached hydrogens (tertiary/aromatic N) is 5. The topological polar surface area (TPSA) is 170 Å². The first-order chi connectivity index (χ1) is 24.3. The van der Waals surface area contributed by atoms with Gasteiger partial charge in [-0.2, -0.15) is 14.9 Å². The molecule has 0 saturated carbocycles. The van der Waals surface area contributed by atoms with Crippen LogP contribution in [0.15, 0.2) is 30.6 Å². The van der Waals surface area contributed by atoms with Crippen molar-refractivity contribution in [2.24, 2.45) is 0 Å². The van der Waals surface area contributed by atoms with Gasteiger partial charge in [0.25, 0.3) is 5.60 Å². The maximum atomic E-state index is 15.8. The van der Waals surface area contributed by atoms with Crippen LogP contribution in [-0.2, 0) is 44.4 Å². The van der Waals surface area contributed by atoms with E-state index >= 15 is 4.39 Å². The number of alkyl halides is 1. The molecule has 0 N–H and O–H groups in total. The first kappa shape index (κ1) is 40.4. The summed E-state index contributed by atoms with van der Waals surface area (Å²) in [4.78, 5) is 66.7. The number of carbonyl (C=O) groups excluding carboxylic acids is 4. The number of benzene rings is 1. The summed E-state index contributed by atoms with van der Waals surface area (Å²) in [5.41, 5.74) is -2.85. The molecule has 0 spiro atoms. The van der Waals surface area contributed by atoms with Crippen LogP contribution in [0.1, 0.15) is 79.2 Å². The molecular weight excluding hydrogens is 705 g/mol. The Hall–Kier alpha value is -4.41. The van der Waals surface area contributed by atoms with E-state index in [9.17, 15) is 19.2 Å². The molecule has 1 aliphatic rings. The monoisotopic (exact) mass is 749 g/mol. The lowest BCUT2D eigenvalue weighted by atomic mass is 9.93. The van der Waals surface area contributed by atoms with Crippen molar-refractivity contribution in [2.75, 3.05) is 24.7 Å². The predicted molar refractivity (Wildman–Crippen MR) is 186 cm³/mol. The van der Waals surface area contributed by atoms with Gasteiger partial charge in [-0.3, -0.25) is 4.57 Å². The van der Waals surface area contributed by atoms with E-state index in [0.29, 0.717) is 10.5 Å². The number of aromatic nitrogens is 4. The van der Waals surface area contributed by atoms with E-state index in [4.69, 9.17) is 40.0 Å². The molecule has 52 heavy (non-hydrogen) atoms. The Kier molecular flexibility index (Phi) is 12.5. The van der Waals surface area contributed by atoms with Crippen molar-refractivity contribution < 1.29 is 52.0 Å². The van der Waals surface area contributed by atoms with Crippen LogP contribution in [0.5, 0.6) is 0 Å². The van der Waals surface area contributed by atoms with Crippen molar-refractivity contribution >= 4 is 52.7 Å². The van der Waals surface area contributed by atoms with Gasteiger partial charge in [0.05, 0.1) is 32.3 Å². The van der Waals surface area contributed by atoms with Crippen LogP contribution in [-0.4, -0.2) is 92.5 Å². The zero-order valence-electron chi connectivity index (χ0n) is 30.7. The number of anilines is 1. The lowest BCUT2D eigenvalue weighted by Gasteiger charge is -2.30. The molecule has 1 saturated heterocycles. The fourth-order valence-electron chi connectivity index (χ4n) is 5.25. The maximum absolute atomic E-state index is 15.8. The largest absolute Gasteiger partial charge is 0.463 e. The number of halogens is 2. The summed E-state index contributed by atoms with van der Waals surface area (Å²) in [6, 6.07) is 7.16. The maximum Gasteiger partial charge on any atom is 0.425 e. The Morgan fingerprint density at radius 2 is 1.50 bits per heavy atom. The van der Waals surface area contributed by atoms with Gasteiger partial charge in [0, 0.05) is 12.8 Å². The molecule has 3 heterocycles. The number of amides is 2. The fourth-order valence-corrected chi connectivity index (χ4v) is 5.41. The number of fused-ring (bicyclic) bond motifs is 1. The Balaban J connectivity index is 1.67. The van der Waals surface area contributed by atoms with Crippen molar-refractivity contribution in [3.05, 3.63) is 47.0 Å². The highest BCUT2D eigenvalue weighted by Crippen LogP contribution is 2.37. The molecule has 2 amide bonds. The summed E-state index contributed by atoms with van der Waals surface area (Å²) in [5, 5.41) is -0.403. The van der Waals surface area contributed by atoms with Crippen LogP contribution >= 0.6 is 11.6 Å². The van der Waals surface area contributed by atoms with Crippen LogP contribution in [0, 0.1) is 6.92 Å². The Labute approximate surface area is 306 Å². The van der Waals surface area contributed by atoms with Crippen LogP contribution in [0.3, 0.4) is 0 Å². The fraction of sp³-hybridized carbons (Fsp3) is 0.571. The zero-order chi connectivity index (χ0) is 38.6. The van der Waals surface area contributed by atoms with E-state index in [1.165, 1.54) is 10.9 Å². The smallest absolute Gasteiger partial charge is 0.425 e. The van der Waals surface area contributed by atoms with Crippen LogP contribution < -0.4 is 4.90 Å². The Morgan fingerprint density at radius 1 is 0.942 bits per heavy atom. The minimum atomic E-state index is -2.21. The van der Waals surface area contributed by atoms with Gasteiger partial charge in [-0.25, -0.2) is 28.6 Å². The third-order valence-corrected chi connectivity index (χ3v) is 7.61. The molecule has 15 nitrogen and oxygen atoms in total. The summed E-state index contributed by atoms with van der Waals surface area (Å²) < 4.78 is 50.6. The first-order valence-electron chi connectivity index (χ1n) is 16.8. The van der Waals surface area contributed by atoms with E-state index in [1.54, 1.807) is 67.5 Å². The predicted octanol–water partition coefficient (Wildman–Crippen LogP) is 6.21. The highest BCUT2D eigenvalue weighted by molar-refractivity contribution is 6.29. The second kappa shape index (κ2) is 16.1. The van der Waals surface area contributed by atoms with E-state index in [-0.39, 0.29) is 43.0 Å². The van der Waals surface area contributed by atoms with E-state index in [2.05, 4.69) is 15.0 Å². The standard InChI is InChI=1S/C35H45ClFN5O10/c1-10-47-28(43)35(29(44)48-11-2,17-21-14-12-20(3)13-15-21)49-18-22-16-23(37)27(50-22)41-19-38-24-25(41)39-30(36)40-26(24)42(31(45)51-33(4,5)6)32(46)52-34(7,8)9/h12-15,19,22-23,27H,10-11,16-18H2,1-9H3. The van der Waals surface area contributed by atoms with E-state index in [1.807, 2.05) is 19.1 Å². The highest BCUT2D eigenvalue weighted by atomic mass is 35.5. The van der Waals surface area contributed by atoms with Crippen LogP contribution in [0.25, 0.3) is 11.2 Å². The van der Waals surface area contributed by atoms with Gasteiger partial charge in [0.15, 0.2) is 23.2 Å². The molecule has 1 aliphatic heterocycles. The third kappa shape index (κ3) is 9.52. The number of hydrogen-bond donors (Lipinski definition) is 0. The summed E-state index contributed by atoms with van der Waals surface area (Å²) in [7, 11) is 0. The lowest BCUT2D eigenvalue weighted by Crippen LogP contribution is -2.54. The molecule has 1 aromatic carbocycles. The second-order valence-electron chi connectivity index (χ2n) is 14.1. The quantitative estimate of drug-likeness (QED) is 0.0938. The highest BCUT2D eigenvalue weighted by Gasteiger charge is 2.52. The van der Waals surface area contributed by atoms with E-state index in [0.717, 1.165) is 5.56 Å². The molecule has 17 heteroatoms. The Bertz CT molecular complexity index is 1730. The van der Waals surface area contributed by atoms with Crippen molar-refractivity contribution in [3.8, 4) is 0 Å². The summed E-state index contributed by atoms with van der Waals surface area (Å²) in [6.07, 6.45) is -5.49. The van der Waals surface area contributed by atoms with Crippen molar-refractivity contribution in [1.82, 2.24) is 19.5 Å². The first-order valence-corrected chi connectivity index (χ1v) is 17.2. The second-order valence-corrected chi connectivity index (χ2v) is 14.4. The summed E-state index contributed by atoms with van der Waals surface area (Å²) in [5.74, 6) is -2.28.